The maximum Gasteiger partial charge on any atom is 0.247 e. The Morgan fingerprint density at radius 3 is 2.69 bits per heavy atom. The van der Waals surface area contributed by atoms with E-state index in [1.54, 1.807) is 0 Å². The molecular weight excluding hydrogens is 228 g/mol. The lowest BCUT2D eigenvalue weighted by atomic mass is 10.3. The molecule has 16 heavy (non-hydrogen) atoms. The van der Waals surface area contributed by atoms with E-state index in [0.29, 0.717) is 6.61 Å². The first kappa shape index (κ1) is 11.5. The van der Waals surface area contributed by atoms with Gasteiger partial charge in [0.1, 0.15) is 0 Å². The Labute approximate surface area is 94.8 Å². The van der Waals surface area contributed by atoms with Crippen molar-refractivity contribution in [3.8, 4) is 0 Å². The molecule has 1 saturated heterocycles. The van der Waals surface area contributed by atoms with E-state index in [9.17, 15) is 8.42 Å². The minimum Gasteiger partial charge on any atom is -0.377 e. The maximum atomic E-state index is 11.9. The summed E-state index contributed by atoms with van der Waals surface area (Å²) in [6, 6.07) is 0. The molecule has 1 aliphatic heterocycles. The smallest absolute Gasteiger partial charge is 0.247 e. The van der Waals surface area contributed by atoms with E-state index in [1.807, 2.05) is 6.92 Å². The van der Waals surface area contributed by atoms with Crippen molar-refractivity contribution in [2.24, 2.45) is 0 Å². The van der Waals surface area contributed by atoms with Crippen LogP contribution in [0.1, 0.15) is 18.4 Å². The van der Waals surface area contributed by atoms with Crippen LogP contribution in [-0.4, -0.2) is 36.8 Å². The lowest BCUT2D eigenvalue weighted by molar-refractivity contribution is 0.127. The molecule has 0 N–H and O–H groups in total. The van der Waals surface area contributed by atoms with Crippen LogP contribution in [-0.2, 0) is 14.6 Å². The van der Waals surface area contributed by atoms with Crippen LogP contribution in [0.25, 0.3) is 0 Å². The number of aryl methyl sites for hydroxylation is 1. The van der Waals surface area contributed by atoms with Gasteiger partial charge in [0.2, 0.25) is 15.0 Å². The van der Waals surface area contributed by atoms with Gasteiger partial charge in [0.25, 0.3) is 0 Å². The van der Waals surface area contributed by atoms with E-state index >= 15 is 0 Å². The van der Waals surface area contributed by atoms with Gasteiger partial charge in [-0.2, -0.15) is 0 Å². The van der Waals surface area contributed by atoms with Crippen molar-refractivity contribution in [3.63, 3.8) is 0 Å². The molecule has 1 aromatic rings. The van der Waals surface area contributed by atoms with Crippen molar-refractivity contribution < 1.29 is 13.2 Å². The largest absolute Gasteiger partial charge is 0.377 e. The summed E-state index contributed by atoms with van der Waals surface area (Å²) in [5.74, 6) is -0.0178. The van der Waals surface area contributed by atoms with E-state index < -0.39 is 9.84 Å². The molecule has 6 heteroatoms. The number of ether oxygens (including phenoxy) is 1. The van der Waals surface area contributed by atoms with Crippen molar-refractivity contribution in [3.05, 3.63) is 18.0 Å². The zero-order valence-corrected chi connectivity index (χ0v) is 9.90. The summed E-state index contributed by atoms with van der Waals surface area (Å²) in [5.41, 5.74) is 0.844. The van der Waals surface area contributed by atoms with Crippen molar-refractivity contribution >= 4 is 9.84 Å². The molecule has 0 radical (unpaired) electrons. The highest BCUT2D eigenvalue weighted by atomic mass is 32.2. The molecule has 0 saturated carbocycles. The first-order valence-corrected chi connectivity index (χ1v) is 6.86. The van der Waals surface area contributed by atoms with Gasteiger partial charge in [-0.15, -0.1) is 0 Å². The summed E-state index contributed by atoms with van der Waals surface area (Å²) < 4.78 is 29.1. The molecule has 0 aromatic carbocycles. The van der Waals surface area contributed by atoms with Crippen LogP contribution in [0.15, 0.2) is 17.6 Å². The third-order valence-corrected chi connectivity index (χ3v) is 4.04. The van der Waals surface area contributed by atoms with Crippen molar-refractivity contribution in [1.29, 1.82) is 0 Å². The van der Waals surface area contributed by atoms with E-state index in [0.717, 1.165) is 18.4 Å². The molecule has 1 aromatic heterocycles. The molecule has 1 unspecified atom stereocenters. The molecule has 2 heterocycles. The highest BCUT2D eigenvalue weighted by Crippen LogP contribution is 2.16. The van der Waals surface area contributed by atoms with Crippen molar-refractivity contribution in [2.75, 3.05) is 12.4 Å². The Balaban J connectivity index is 2.14. The van der Waals surface area contributed by atoms with Crippen molar-refractivity contribution in [1.82, 2.24) is 9.97 Å². The van der Waals surface area contributed by atoms with Gasteiger partial charge in [0.15, 0.2) is 0 Å². The van der Waals surface area contributed by atoms with Crippen molar-refractivity contribution in [2.45, 2.75) is 31.0 Å². The lowest BCUT2D eigenvalue weighted by Crippen LogP contribution is -2.21. The van der Waals surface area contributed by atoms with Gasteiger partial charge < -0.3 is 4.74 Å². The van der Waals surface area contributed by atoms with Gasteiger partial charge in [0.05, 0.1) is 11.9 Å². The van der Waals surface area contributed by atoms with Crippen LogP contribution in [0, 0.1) is 6.92 Å². The van der Waals surface area contributed by atoms with Crippen LogP contribution in [0.2, 0.25) is 0 Å². The minimum atomic E-state index is -3.41. The number of aromatic nitrogens is 2. The highest BCUT2D eigenvalue weighted by Gasteiger charge is 2.26. The number of nitrogens with zero attached hydrogens (tertiary/aromatic N) is 2. The second kappa shape index (κ2) is 4.47. The Bertz CT molecular complexity index is 449. The first-order chi connectivity index (χ1) is 7.58. The van der Waals surface area contributed by atoms with Crippen LogP contribution < -0.4 is 0 Å². The van der Waals surface area contributed by atoms with Gasteiger partial charge in [-0.05, 0) is 25.3 Å². The van der Waals surface area contributed by atoms with E-state index in [-0.39, 0.29) is 17.0 Å². The van der Waals surface area contributed by atoms with Gasteiger partial charge in [0, 0.05) is 19.0 Å². The van der Waals surface area contributed by atoms with Crippen LogP contribution in [0.5, 0.6) is 0 Å². The molecule has 1 fully saturated rings. The molecule has 2 rings (SSSR count). The van der Waals surface area contributed by atoms with E-state index in [2.05, 4.69) is 9.97 Å². The second-order valence-corrected chi connectivity index (χ2v) is 5.89. The quantitative estimate of drug-likeness (QED) is 0.731. The lowest BCUT2D eigenvalue weighted by Gasteiger charge is -2.08. The standard InChI is InChI=1S/C10H14N2O3S/c1-8-5-11-10(12-6-8)16(13,14)7-9-3-2-4-15-9/h5-6,9H,2-4,7H2,1H3. The Hall–Kier alpha value is -1.01. The summed E-state index contributed by atoms with van der Waals surface area (Å²) in [5, 5.41) is -0.103. The Morgan fingerprint density at radius 2 is 2.12 bits per heavy atom. The normalized spacial score (nSPS) is 21.2. The van der Waals surface area contributed by atoms with Gasteiger partial charge in [-0.25, -0.2) is 18.4 Å². The SMILES string of the molecule is Cc1cnc(S(=O)(=O)CC2CCCO2)nc1. The molecule has 0 bridgehead atoms. The summed E-state index contributed by atoms with van der Waals surface area (Å²) in [6.07, 6.45) is 4.54. The molecule has 0 aliphatic carbocycles. The zero-order valence-electron chi connectivity index (χ0n) is 9.09. The fraction of sp³-hybridized carbons (Fsp3) is 0.600. The zero-order chi connectivity index (χ0) is 11.6. The predicted octanol–water partition coefficient (Wildman–Crippen LogP) is 0.738. The topological polar surface area (TPSA) is 69.2 Å². The maximum absolute atomic E-state index is 11.9. The summed E-state index contributed by atoms with van der Waals surface area (Å²) >= 11 is 0. The third kappa shape index (κ3) is 2.56. The second-order valence-electron chi connectivity index (χ2n) is 3.96. The average Bonchev–Trinajstić information content (AvgIpc) is 2.70. The number of hydrogen-bond acceptors (Lipinski definition) is 5. The predicted molar refractivity (Wildman–Crippen MR) is 57.8 cm³/mol. The number of rotatable bonds is 3. The third-order valence-electron chi connectivity index (χ3n) is 2.46. The number of hydrogen-bond donors (Lipinski definition) is 0. The van der Waals surface area contributed by atoms with Crippen LogP contribution in [0.4, 0.5) is 0 Å². The fourth-order valence-electron chi connectivity index (χ4n) is 1.64. The minimum absolute atomic E-state index is 0.0178. The summed E-state index contributed by atoms with van der Waals surface area (Å²) in [6.45, 7) is 2.46. The summed E-state index contributed by atoms with van der Waals surface area (Å²) in [7, 11) is -3.41. The summed E-state index contributed by atoms with van der Waals surface area (Å²) in [4.78, 5) is 7.67. The average molecular weight is 242 g/mol. The van der Waals surface area contributed by atoms with E-state index in [1.165, 1.54) is 12.4 Å². The Kier molecular flexibility index (Phi) is 3.20. The molecule has 1 atom stereocenters. The van der Waals surface area contributed by atoms with E-state index in [4.69, 9.17) is 4.74 Å². The molecule has 1 aliphatic rings. The Morgan fingerprint density at radius 1 is 1.44 bits per heavy atom. The highest BCUT2D eigenvalue weighted by molar-refractivity contribution is 7.91. The van der Waals surface area contributed by atoms with Gasteiger partial charge >= 0.3 is 0 Å². The van der Waals surface area contributed by atoms with Crippen LogP contribution >= 0.6 is 0 Å². The molecule has 0 amide bonds. The molecule has 5 nitrogen and oxygen atoms in total. The number of sulfone groups is 1. The molecule has 0 spiro atoms. The monoisotopic (exact) mass is 242 g/mol. The first-order valence-electron chi connectivity index (χ1n) is 5.21. The fourth-order valence-corrected chi connectivity index (χ4v) is 2.96. The van der Waals surface area contributed by atoms with Crippen LogP contribution in [0.3, 0.4) is 0 Å². The molecular formula is C10H14N2O3S. The van der Waals surface area contributed by atoms with Gasteiger partial charge in [-0.1, -0.05) is 0 Å². The molecule has 88 valence electrons. The van der Waals surface area contributed by atoms with Gasteiger partial charge in [-0.3, -0.25) is 0 Å².